The van der Waals surface area contributed by atoms with Crippen LogP contribution in [0.25, 0.3) is 0 Å². The molecular weight excluding hydrogens is 222 g/mol. The van der Waals surface area contributed by atoms with E-state index in [2.05, 4.69) is 10.2 Å². The normalized spacial score (nSPS) is 28.2. The Morgan fingerprint density at radius 3 is 2.88 bits per heavy atom. The molecule has 92 valence electrons. The average molecular weight is 238 g/mol. The van der Waals surface area contributed by atoms with Crippen LogP contribution in [0.3, 0.4) is 0 Å². The fourth-order valence-corrected chi connectivity index (χ4v) is 3.07. The Hall–Kier alpha value is -1.16. The van der Waals surface area contributed by atoms with E-state index in [4.69, 9.17) is 0 Å². The Morgan fingerprint density at radius 1 is 1.18 bits per heavy atom. The van der Waals surface area contributed by atoms with Gasteiger partial charge in [0.15, 0.2) is 11.6 Å². The van der Waals surface area contributed by atoms with Crippen LogP contribution in [0.2, 0.25) is 0 Å². The third-order valence-corrected chi connectivity index (χ3v) is 3.87. The summed E-state index contributed by atoms with van der Waals surface area (Å²) >= 11 is 0. The van der Waals surface area contributed by atoms with Crippen LogP contribution in [0.15, 0.2) is 18.2 Å². The number of hydrogen-bond donors (Lipinski definition) is 1. The van der Waals surface area contributed by atoms with E-state index in [0.717, 1.165) is 25.2 Å². The lowest BCUT2D eigenvalue weighted by molar-refractivity contribution is 0.403. The van der Waals surface area contributed by atoms with Crippen molar-refractivity contribution in [2.75, 3.05) is 18.0 Å². The molecule has 1 aliphatic carbocycles. The summed E-state index contributed by atoms with van der Waals surface area (Å²) in [5.74, 6) is -1.53. The van der Waals surface area contributed by atoms with Crippen molar-refractivity contribution in [1.29, 1.82) is 0 Å². The van der Waals surface area contributed by atoms with E-state index in [9.17, 15) is 8.78 Å². The van der Waals surface area contributed by atoms with Crippen molar-refractivity contribution in [3.8, 4) is 0 Å². The maximum atomic E-state index is 13.3. The molecule has 0 unspecified atom stereocenters. The summed E-state index contributed by atoms with van der Waals surface area (Å²) in [7, 11) is 0. The number of fused-ring (bicyclic) bond motifs is 1. The Bertz CT molecular complexity index is 422. The van der Waals surface area contributed by atoms with Crippen molar-refractivity contribution in [1.82, 2.24) is 5.32 Å². The lowest BCUT2D eigenvalue weighted by Gasteiger charge is -2.40. The van der Waals surface area contributed by atoms with Gasteiger partial charge >= 0.3 is 0 Å². The number of anilines is 1. The molecule has 1 aromatic carbocycles. The second kappa shape index (κ2) is 4.26. The topological polar surface area (TPSA) is 15.3 Å². The molecule has 2 atom stereocenters. The number of nitrogens with one attached hydrogen (secondary N) is 1. The summed E-state index contributed by atoms with van der Waals surface area (Å²) in [6.07, 6.45) is 3.53. The molecule has 0 amide bonds. The highest BCUT2D eigenvalue weighted by Gasteiger charge is 2.35. The smallest absolute Gasteiger partial charge is 0.160 e. The Morgan fingerprint density at radius 2 is 2.06 bits per heavy atom. The summed E-state index contributed by atoms with van der Waals surface area (Å²) in [4.78, 5) is 2.22. The third kappa shape index (κ3) is 1.90. The first-order chi connectivity index (χ1) is 8.25. The lowest BCUT2D eigenvalue weighted by atomic mass is 10.1. The maximum Gasteiger partial charge on any atom is 0.160 e. The van der Waals surface area contributed by atoms with E-state index >= 15 is 0 Å². The van der Waals surface area contributed by atoms with Gasteiger partial charge in [-0.25, -0.2) is 8.78 Å². The van der Waals surface area contributed by atoms with Crippen molar-refractivity contribution in [3.05, 3.63) is 29.8 Å². The van der Waals surface area contributed by atoms with Gasteiger partial charge in [-0.05, 0) is 31.4 Å². The van der Waals surface area contributed by atoms with Crippen LogP contribution in [-0.2, 0) is 0 Å². The predicted molar refractivity (Wildman–Crippen MR) is 63.1 cm³/mol. The second-order valence-corrected chi connectivity index (χ2v) is 4.85. The van der Waals surface area contributed by atoms with Gasteiger partial charge in [0.05, 0.1) is 0 Å². The Labute approximate surface area is 99.6 Å². The standard InChI is InChI=1S/C13H16F2N2/c14-10-5-4-9(8-11(10)15)17-7-6-16-12-2-1-3-13(12)17/h4-5,8,12-13,16H,1-3,6-7H2/t12-,13+/m0/s1. The van der Waals surface area contributed by atoms with E-state index in [1.54, 1.807) is 6.07 Å². The van der Waals surface area contributed by atoms with Gasteiger partial charge in [-0.15, -0.1) is 0 Å². The highest BCUT2D eigenvalue weighted by Crippen LogP contribution is 2.31. The molecule has 0 spiro atoms. The largest absolute Gasteiger partial charge is 0.366 e. The number of hydrogen-bond acceptors (Lipinski definition) is 2. The third-order valence-electron chi connectivity index (χ3n) is 3.87. The summed E-state index contributed by atoms with van der Waals surface area (Å²) < 4.78 is 26.2. The summed E-state index contributed by atoms with van der Waals surface area (Å²) in [6, 6.07) is 5.16. The van der Waals surface area contributed by atoms with Crippen LogP contribution in [0.4, 0.5) is 14.5 Å². The number of nitrogens with zero attached hydrogens (tertiary/aromatic N) is 1. The molecule has 4 heteroatoms. The molecule has 17 heavy (non-hydrogen) atoms. The molecule has 0 bridgehead atoms. The molecule has 1 aliphatic heterocycles. The Kier molecular flexibility index (Phi) is 2.74. The molecule has 2 aliphatic rings. The fraction of sp³-hybridized carbons (Fsp3) is 0.538. The summed E-state index contributed by atoms with van der Waals surface area (Å²) in [6.45, 7) is 1.78. The highest BCUT2D eigenvalue weighted by molar-refractivity contribution is 5.49. The molecular formula is C13H16F2N2. The van der Waals surface area contributed by atoms with Gasteiger partial charge in [0, 0.05) is 36.9 Å². The molecule has 3 rings (SSSR count). The SMILES string of the molecule is Fc1ccc(N2CCN[C@H]3CCC[C@H]32)cc1F. The minimum atomic E-state index is -0.771. The number of rotatable bonds is 1. The van der Waals surface area contributed by atoms with Crippen LogP contribution in [0.1, 0.15) is 19.3 Å². The summed E-state index contributed by atoms with van der Waals surface area (Å²) in [5.41, 5.74) is 0.808. The minimum Gasteiger partial charge on any atom is -0.366 e. The number of halogens is 2. The highest BCUT2D eigenvalue weighted by atomic mass is 19.2. The molecule has 1 saturated heterocycles. The van der Waals surface area contributed by atoms with Crippen molar-refractivity contribution in [2.24, 2.45) is 0 Å². The van der Waals surface area contributed by atoms with E-state index in [1.807, 2.05) is 0 Å². The zero-order valence-corrected chi connectivity index (χ0v) is 9.63. The molecule has 2 nitrogen and oxygen atoms in total. The molecule has 2 fully saturated rings. The van der Waals surface area contributed by atoms with E-state index in [1.165, 1.54) is 25.0 Å². The lowest BCUT2D eigenvalue weighted by Crippen LogP contribution is -2.55. The number of piperazine rings is 1. The van der Waals surface area contributed by atoms with Crippen molar-refractivity contribution < 1.29 is 8.78 Å². The number of benzene rings is 1. The fourth-order valence-electron chi connectivity index (χ4n) is 3.07. The van der Waals surface area contributed by atoms with Crippen LogP contribution < -0.4 is 10.2 Å². The van der Waals surface area contributed by atoms with Crippen molar-refractivity contribution in [3.63, 3.8) is 0 Å². The first-order valence-corrected chi connectivity index (χ1v) is 6.21. The zero-order chi connectivity index (χ0) is 11.8. The van der Waals surface area contributed by atoms with Crippen molar-refractivity contribution in [2.45, 2.75) is 31.3 Å². The first-order valence-electron chi connectivity index (χ1n) is 6.21. The van der Waals surface area contributed by atoms with Gasteiger partial charge in [-0.2, -0.15) is 0 Å². The molecule has 1 saturated carbocycles. The minimum absolute atomic E-state index is 0.439. The summed E-state index contributed by atoms with van der Waals surface area (Å²) in [5, 5.41) is 3.50. The second-order valence-electron chi connectivity index (χ2n) is 4.85. The van der Waals surface area contributed by atoms with Gasteiger partial charge in [0.25, 0.3) is 0 Å². The van der Waals surface area contributed by atoms with Gasteiger partial charge in [-0.1, -0.05) is 0 Å². The van der Waals surface area contributed by atoms with Gasteiger partial charge in [-0.3, -0.25) is 0 Å². The van der Waals surface area contributed by atoms with Crippen LogP contribution in [0, 0.1) is 11.6 Å². The molecule has 0 aromatic heterocycles. The van der Waals surface area contributed by atoms with E-state index < -0.39 is 11.6 Å². The predicted octanol–water partition coefficient (Wildman–Crippen LogP) is 2.30. The first kappa shape index (κ1) is 11.0. The average Bonchev–Trinajstić information content (AvgIpc) is 2.80. The van der Waals surface area contributed by atoms with Crippen molar-refractivity contribution >= 4 is 5.69 Å². The van der Waals surface area contributed by atoms with Gasteiger partial charge < -0.3 is 10.2 Å². The van der Waals surface area contributed by atoms with Crippen LogP contribution in [0.5, 0.6) is 0 Å². The van der Waals surface area contributed by atoms with Crippen LogP contribution >= 0.6 is 0 Å². The Balaban J connectivity index is 1.89. The molecule has 0 radical (unpaired) electrons. The maximum absolute atomic E-state index is 13.3. The van der Waals surface area contributed by atoms with E-state index in [0.29, 0.717) is 12.1 Å². The van der Waals surface area contributed by atoms with Crippen LogP contribution in [-0.4, -0.2) is 25.2 Å². The molecule has 1 N–H and O–H groups in total. The van der Waals surface area contributed by atoms with Gasteiger partial charge in [0.2, 0.25) is 0 Å². The zero-order valence-electron chi connectivity index (χ0n) is 9.63. The molecule has 1 heterocycles. The quantitative estimate of drug-likeness (QED) is 0.807. The van der Waals surface area contributed by atoms with Gasteiger partial charge in [0.1, 0.15) is 0 Å². The van der Waals surface area contributed by atoms with E-state index in [-0.39, 0.29) is 0 Å². The molecule has 1 aromatic rings. The monoisotopic (exact) mass is 238 g/mol.